The van der Waals surface area contributed by atoms with Gasteiger partial charge in [-0.15, -0.1) is 0 Å². The second-order valence-electron chi connectivity index (χ2n) is 3.90. The Hall–Kier alpha value is 1.21. The molecule has 0 unspecified atom stereocenters. The predicted octanol–water partition coefficient (Wildman–Crippen LogP) is -1.90. The first-order chi connectivity index (χ1) is 7.41. The van der Waals surface area contributed by atoms with Crippen molar-refractivity contribution in [3.63, 3.8) is 0 Å². The van der Waals surface area contributed by atoms with Crippen LogP contribution in [0.4, 0.5) is 0 Å². The number of rotatable bonds is 12. The molecule has 0 fully saturated rings. The van der Waals surface area contributed by atoms with Crippen molar-refractivity contribution in [2.24, 2.45) is 0 Å². The van der Waals surface area contributed by atoms with Crippen LogP contribution in [-0.4, -0.2) is 13.2 Å². The van der Waals surface area contributed by atoms with E-state index in [2.05, 4.69) is 13.8 Å². The van der Waals surface area contributed by atoms with Gasteiger partial charge >= 0.3 is 105 Å². The van der Waals surface area contributed by atoms with E-state index in [0.29, 0.717) is 0 Å². The predicted molar refractivity (Wildman–Crippen MR) is 60.2 cm³/mol. The first-order valence-electron chi connectivity index (χ1n) is 6.40. The molecular formula is C12H26Cl2O2Ti. The molecule has 0 N–H and O–H groups in total. The molecule has 0 heterocycles. The van der Waals surface area contributed by atoms with E-state index < -0.39 is 19.9 Å². The zero-order valence-corrected chi connectivity index (χ0v) is 14.2. The molecule has 5 heteroatoms. The molecule has 0 aromatic heterocycles. The Morgan fingerprint density at radius 1 is 0.647 bits per heavy atom. The van der Waals surface area contributed by atoms with Gasteiger partial charge in [-0.3, -0.25) is 0 Å². The Morgan fingerprint density at radius 2 is 1.06 bits per heavy atom. The van der Waals surface area contributed by atoms with Gasteiger partial charge in [0, 0.05) is 0 Å². The van der Waals surface area contributed by atoms with Crippen LogP contribution in [0.2, 0.25) is 0 Å². The van der Waals surface area contributed by atoms with Crippen LogP contribution in [0.15, 0.2) is 0 Å². The van der Waals surface area contributed by atoms with E-state index in [-0.39, 0.29) is 24.8 Å². The fourth-order valence-corrected chi connectivity index (χ4v) is 2.17. The summed E-state index contributed by atoms with van der Waals surface area (Å²) in [5.74, 6) is 0. The average molecular weight is 321 g/mol. The average Bonchev–Trinajstić information content (AvgIpc) is 2.26. The molecule has 0 saturated carbocycles. The maximum atomic E-state index is 5.49. The van der Waals surface area contributed by atoms with Crippen molar-refractivity contribution in [3.05, 3.63) is 0 Å². The minimum atomic E-state index is -0.543. The molecule has 0 aliphatic rings. The van der Waals surface area contributed by atoms with Gasteiger partial charge in [0.1, 0.15) is 0 Å². The largest absolute Gasteiger partial charge is 1.00 e. The summed E-state index contributed by atoms with van der Waals surface area (Å²) in [4.78, 5) is 0. The van der Waals surface area contributed by atoms with Crippen LogP contribution >= 0.6 is 0 Å². The van der Waals surface area contributed by atoms with Crippen LogP contribution in [-0.2, 0) is 26.6 Å². The van der Waals surface area contributed by atoms with E-state index in [1.165, 1.54) is 51.4 Å². The third-order valence-corrected chi connectivity index (χ3v) is 3.32. The first kappa shape index (κ1) is 23.3. The van der Waals surface area contributed by atoms with Crippen LogP contribution in [0.1, 0.15) is 65.2 Å². The monoisotopic (exact) mass is 320 g/mol. The summed E-state index contributed by atoms with van der Waals surface area (Å²) < 4.78 is 11.0. The summed E-state index contributed by atoms with van der Waals surface area (Å²) in [5.41, 5.74) is 0. The Morgan fingerprint density at radius 3 is 1.41 bits per heavy atom. The second-order valence-corrected chi connectivity index (χ2v) is 5.06. The van der Waals surface area contributed by atoms with Crippen LogP contribution in [0.5, 0.6) is 0 Å². The van der Waals surface area contributed by atoms with Crippen molar-refractivity contribution < 1.29 is 51.4 Å². The summed E-state index contributed by atoms with van der Waals surface area (Å²) >= 11 is -0.543. The number of hydrogen-bond acceptors (Lipinski definition) is 2. The smallest absolute Gasteiger partial charge is 1.00 e. The maximum absolute atomic E-state index is 5.49. The van der Waals surface area contributed by atoms with Crippen molar-refractivity contribution in [1.82, 2.24) is 0 Å². The van der Waals surface area contributed by atoms with Crippen molar-refractivity contribution in [3.8, 4) is 0 Å². The van der Waals surface area contributed by atoms with Crippen LogP contribution < -0.4 is 24.8 Å². The van der Waals surface area contributed by atoms with Gasteiger partial charge in [0.2, 0.25) is 0 Å². The third-order valence-electron chi connectivity index (χ3n) is 2.32. The molecule has 0 saturated heterocycles. The molecule has 0 aliphatic carbocycles. The molecule has 0 atom stereocenters. The van der Waals surface area contributed by atoms with Crippen LogP contribution in [0, 0.1) is 0 Å². The summed E-state index contributed by atoms with van der Waals surface area (Å²) in [5, 5.41) is 0. The van der Waals surface area contributed by atoms with Gasteiger partial charge in [0.05, 0.1) is 0 Å². The molecule has 0 aromatic carbocycles. The molecular weight excluding hydrogens is 295 g/mol. The van der Waals surface area contributed by atoms with E-state index in [9.17, 15) is 0 Å². The Bertz CT molecular complexity index is 107. The standard InChI is InChI=1S/2C6H13O.2ClH.Ti/c2*1-2-3-4-5-6-7;;;/h2*2-6H2,1H3;2*1H;/q2*-1;;;+4/p-2. The minimum Gasteiger partial charge on any atom is -1.00 e. The second kappa shape index (κ2) is 22.4. The molecule has 0 radical (unpaired) electrons. The zero-order chi connectivity index (χ0) is 11.2. The Kier molecular flexibility index (Phi) is 30.7. The molecule has 17 heavy (non-hydrogen) atoms. The molecule has 104 valence electrons. The van der Waals surface area contributed by atoms with E-state index in [0.717, 1.165) is 13.2 Å². The quantitative estimate of drug-likeness (QED) is 0.309. The SMILES string of the molecule is CCCCCC[O][Ti+2][O]CCCCCC.[Cl-].[Cl-]. The number of unbranched alkanes of at least 4 members (excludes halogenated alkanes) is 6. The topological polar surface area (TPSA) is 18.5 Å². The van der Waals surface area contributed by atoms with Crippen LogP contribution in [0.25, 0.3) is 0 Å². The van der Waals surface area contributed by atoms with E-state index in [1.807, 2.05) is 0 Å². The van der Waals surface area contributed by atoms with Gasteiger partial charge in [-0.25, -0.2) is 0 Å². The van der Waals surface area contributed by atoms with E-state index >= 15 is 0 Å². The van der Waals surface area contributed by atoms with E-state index in [1.54, 1.807) is 0 Å². The van der Waals surface area contributed by atoms with Crippen molar-refractivity contribution in [1.29, 1.82) is 0 Å². The Labute approximate surface area is 129 Å². The minimum absolute atomic E-state index is 0. The number of halogens is 2. The van der Waals surface area contributed by atoms with Gasteiger partial charge in [-0.2, -0.15) is 0 Å². The molecule has 0 spiro atoms. The van der Waals surface area contributed by atoms with Gasteiger partial charge in [-0.05, 0) is 0 Å². The summed E-state index contributed by atoms with van der Waals surface area (Å²) in [6.45, 7) is 6.28. The molecule has 2 nitrogen and oxygen atoms in total. The van der Waals surface area contributed by atoms with Crippen molar-refractivity contribution in [2.75, 3.05) is 13.2 Å². The maximum Gasteiger partial charge on any atom is -1.00 e. The van der Waals surface area contributed by atoms with Crippen LogP contribution in [0.3, 0.4) is 0 Å². The molecule has 0 amide bonds. The molecule has 0 aliphatic heterocycles. The van der Waals surface area contributed by atoms with Gasteiger partial charge in [0.25, 0.3) is 0 Å². The summed E-state index contributed by atoms with van der Waals surface area (Å²) in [6, 6.07) is 0. The zero-order valence-electron chi connectivity index (χ0n) is 11.1. The van der Waals surface area contributed by atoms with E-state index in [4.69, 9.17) is 6.64 Å². The fourth-order valence-electron chi connectivity index (χ4n) is 1.33. The Balaban J connectivity index is -0.000000980. The van der Waals surface area contributed by atoms with Gasteiger partial charge in [0.15, 0.2) is 0 Å². The first-order valence-corrected chi connectivity index (χ1v) is 7.67. The normalized spacial score (nSPS) is 9.06. The summed E-state index contributed by atoms with van der Waals surface area (Å²) in [6.07, 6.45) is 10.3. The molecule has 0 bridgehead atoms. The van der Waals surface area contributed by atoms with Crippen molar-refractivity contribution in [2.45, 2.75) is 65.2 Å². The fraction of sp³-hybridized carbons (Fsp3) is 1.00. The molecule has 0 rings (SSSR count). The molecule has 0 aromatic rings. The van der Waals surface area contributed by atoms with Crippen molar-refractivity contribution >= 4 is 0 Å². The summed E-state index contributed by atoms with van der Waals surface area (Å²) in [7, 11) is 0. The van der Waals surface area contributed by atoms with Gasteiger partial charge < -0.3 is 24.8 Å². The number of hydrogen-bond donors (Lipinski definition) is 0. The third kappa shape index (κ3) is 22.8. The van der Waals surface area contributed by atoms with Gasteiger partial charge in [-0.1, -0.05) is 0 Å².